The van der Waals surface area contributed by atoms with Crippen LogP contribution in [0.15, 0.2) is 58.5 Å². The molecule has 0 saturated heterocycles. The zero-order valence-corrected chi connectivity index (χ0v) is 25.2. The first-order valence-corrected chi connectivity index (χ1v) is 13.7. The largest absolute Gasteiger partial charge is 0.439 e. The molecule has 1 heterocycles. The summed E-state index contributed by atoms with van der Waals surface area (Å²) in [4.78, 5) is 51.2. The lowest BCUT2D eigenvalue weighted by Crippen LogP contribution is -2.39. The van der Waals surface area contributed by atoms with Gasteiger partial charge in [0.2, 0.25) is 11.6 Å². The number of hydrogen-bond acceptors (Lipinski definition) is 10. The quantitative estimate of drug-likeness (QED) is 0.179. The predicted octanol–water partition coefficient (Wildman–Crippen LogP) is 1.69. The van der Waals surface area contributed by atoms with E-state index in [9.17, 15) is 29.4 Å². The van der Waals surface area contributed by atoms with E-state index in [0.717, 1.165) is 6.08 Å². The van der Waals surface area contributed by atoms with Gasteiger partial charge in [0.1, 0.15) is 12.3 Å². The Labute approximate surface area is 246 Å². The highest BCUT2D eigenvalue weighted by Crippen LogP contribution is 2.29. The summed E-state index contributed by atoms with van der Waals surface area (Å²) in [5.74, 6) is -2.48. The number of Topliss-reactive ketones (excluding diaryl/α,β-unsaturated/α-hetero) is 1. The van der Waals surface area contributed by atoms with Crippen LogP contribution in [-0.2, 0) is 28.6 Å². The number of amides is 2. The van der Waals surface area contributed by atoms with Crippen molar-refractivity contribution in [1.82, 2.24) is 10.6 Å². The van der Waals surface area contributed by atoms with Gasteiger partial charge in [-0.3, -0.25) is 14.4 Å². The lowest BCUT2D eigenvalue weighted by Gasteiger charge is -2.30. The number of carbonyl (C=O) groups excluding carboxylic acids is 4. The van der Waals surface area contributed by atoms with Crippen molar-refractivity contribution in [3.8, 4) is 0 Å². The second-order valence-corrected chi connectivity index (χ2v) is 10.8. The molecule has 12 heteroatoms. The number of allylic oxidation sites excluding steroid dienone is 4. The third kappa shape index (κ3) is 9.21. The summed E-state index contributed by atoms with van der Waals surface area (Å²) in [7, 11) is 2.88. The fourth-order valence-corrected chi connectivity index (χ4v) is 4.95. The molecule has 12 nitrogen and oxygen atoms in total. The summed E-state index contributed by atoms with van der Waals surface area (Å²) in [6, 6.07) is 0. The first-order chi connectivity index (χ1) is 19.7. The molecule has 1 aliphatic carbocycles. The predicted molar refractivity (Wildman–Crippen MR) is 154 cm³/mol. The van der Waals surface area contributed by atoms with Gasteiger partial charge in [0.15, 0.2) is 6.10 Å². The summed E-state index contributed by atoms with van der Waals surface area (Å²) in [6.07, 6.45) is 2.24. The number of carbonyl (C=O) groups is 4. The molecule has 0 aromatic heterocycles. The van der Waals surface area contributed by atoms with E-state index >= 15 is 0 Å². The molecule has 0 aromatic carbocycles. The van der Waals surface area contributed by atoms with E-state index < -0.39 is 60.1 Å². The van der Waals surface area contributed by atoms with E-state index in [-0.39, 0.29) is 34.9 Å². The monoisotopic (exact) mass is 589 g/mol. The highest BCUT2D eigenvalue weighted by atomic mass is 16.6. The van der Waals surface area contributed by atoms with Crippen LogP contribution < -0.4 is 16.4 Å². The first kappa shape index (κ1) is 34.6. The molecule has 2 amide bonds. The number of aliphatic hydroxyl groups excluding tert-OH is 2. The first-order valence-electron chi connectivity index (χ1n) is 13.7. The Morgan fingerprint density at radius 1 is 1.17 bits per heavy atom. The highest BCUT2D eigenvalue weighted by molar-refractivity contribution is 6.23. The van der Waals surface area contributed by atoms with Gasteiger partial charge in [-0.15, -0.1) is 0 Å². The summed E-state index contributed by atoms with van der Waals surface area (Å²) < 4.78 is 16.5. The van der Waals surface area contributed by atoms with Crippen molar-refractivity contribution in [3.05, 3.63) is 58.5 Å². The molecule has 1 aliphatic heterocycles. The lowest BCUT2D eigenvalue weighted by atomic mass is 9.85. The van der Waals surface area contributed by atoms with Gasteiger partial charge < -0.3 is 40.8 Å². The normalized spacial score (nSPS) is 32.5. The van der Waals surface area contributed by atoms with Crippen LogP contribution in [0.1, 0.15) is 47.5 Å². The molecular weight excluding hydrogens is 546 g/mol. The standard InChI is InChI=1S/C30H43N3O9/c1-15-11-20-25(32-19(5)34)22(35)14-21(27(20)37)33-29(38)16(2)9-8-10-23(40-6)28(42-30(31)39)18(4)13-17(3)26(36)24(12-15)41-7/h8-10,13-15,17,19,23-24,26,28,32,34,36H,11-12H2,1-7H3,(H2,31,39)(H,33,38)/b10-8-,16-9+,18-13+/t15-,17+,19?,23+,24+,26-,28+/m1/s1. The number of methoxy groups -OCH3 is 2. The van der Waals surface area contributed by atoms with Gasteiger partial charge in [-0.2, -0.15) is 0 Å². The van der Waals surface area contributed by atoms with Crippen molar-refractivity contribution in [1.29, 1.82) is 0 Å². The molecule has 2 aliphatic rings. The molecule has 232 valence electrons. The van der Waals surface area contributed by atoms with Crippen molar-refractivity contribution in [2.24, 2.45) is 17.6 Å². The SMILES string of the molecule is CO[C@H]1/C=C\C=C(/C)C(=O)NC2=CC(=O)C(NC(C)O)=C(C[C@@H](C)C[C@H](OC)[C@H](O)[C@@H](C)/C=C(\C)[C@@H]1OC(N)=O)C2=O. The summed E-state index contributed by atoms with van der Waals surface area (Å²) in [5.41, 5.74) is 5.97. The molecule has 1 unspecified atom stereocenters. The number of nitrogens with one attached hydrogen (secondary N) is 2. The number of ketones is 2. The van der Waals surface area contributed by atoms with E-state index in [4.69, 9.17) is 19.9 Å². The topological polar surface area (TPSA) is 187 Å². The zero-order valence-electron chi connectivity index (χ0n) is 25.2. The molecule has 0 radical (unpaired) electrons. The smallest absolute Gasteiger partial charge is 0.405 e. The maximum absolute atomic E-state index is 13.5. The van der Waals surface area contributed by atoms with Crippen LogP contribution >= 0.6 is 0 Å². The van der Waals surface area contributed by atoms with Gasteiger partial charge in [-0.25, -0.2) is 4.79 Å². The molecule has 0 spiro atoms. The van der Waals surface area contributed by atoms with Crippen LogP contribution in [0.25, 0.3) is 0 Å². The fourth-order valence-electron chi connectivity index (χ4n) is 4.95. The number of aliphatic hydroxyl groups is 2. The van der Waals surface area contributed by atoms with E-state index in [1.54, 1.807) is 26.0 Å². The second kappa shape index (κ2) is 15.6. The maximum Gasteiger partial charge on any atom is 0.405 e. The van der Waals surface area contributed by atoms with Crippen molar-refractivity contribution in [2.45, 2.75) is 78.1 Å². The molecule has 0 aromatic rings. The van der Waals surface area contributed by atoms with E-state index in [0.29, 0.717) is 12.0 Å². The van der Waals surface area contributed by atoms with Crippen LogP contribution in [-0.4, -0.2) is 78.6 Å². The van der Waals surface area contributed by atoms with E-state index in [1.807, 2.05) is 6.92 Å². The van der Waals surface area contributed by atoms with Crippen LogP contribution in [0, 0.1) is 11.8 Å². The maximum atomic E-state index is 13.5. The van der Waals surface area contributed by atoms with Crippen LogP contribution in [0.3, 0.4) is 0 Å². The van der Waals surface area contributed by atoms with Crippen molar-refractivity contribution in [3.63, 3.8) is 0 Å². The fraction of sp³-hybridized carbons (Fsp3) is 0.533. The number of hydrogen-bond donors (Lipinski definition) is 5. The summed E-state index contributed by atoms with van der Waals surface area (Å²) in [6.45, 7) is 8.28. The van der Waals surface area contributed by atoms with E-state index in [1.165, 1.54) is 40.2 Å². The van der Waals surface area contributed by atoms with Gasteiger partial charge in [0.25, 0.3) is 5.91 Å². The minimum atomic E-state index is -1.11. The third-order valence-electron chi connectivity index (χ3n) is 7.15. The molecule has 6 N–H and O–H groups in total. The van der Waals surface area contributed by atoms with Crippen molar-refractivity contribution in [2.75, 3.05) is 14.2 Å². The van der Waals surface area contributed by atoms with Crippen LogP contribution in [0.5, 0.6) is 0 Å². The number of fused-ring (bicyclic) bond motifs is 2. The molecule has 0 fully saturated rings. The minimum absolute atomic E-state index is 0.0477. The molecule has 2 bridgehead atoms. The molecule has 0 saturated carbocycles. The summed E-state index contributed by atoms with van der Waals surface area (Å²) in [5, 5.41) is 26.3. The molecular formula is C30H43N3O9. The highest BCUT2D eigenvalue weighted by Gasteiger charge is 2.33. The van der Waals surface area contributed by atoms with E-state index in [2.05, 4.69) is 10.6 Å². The van der Waals surface area contributed by atoms with Crippen LogP contribution in [0.4, 0.5) is 4.79 Å². The van der Waals surface area contributed by atoms with Gasteiger partial charge in [-0.05, 0) is 45.1 Å². The third-order valence-corrected chi connectivity index (χ3v) is 7.15. The van der Waals surface area contributed by atoms with Crippen LogP contribution in [0.2, 0.25) is 0 Å². The van der Waals surface area contributed by atoms with Crippen molar-refractivity contribution >= 4 is 23.6 Å². The molecule has 7 atom stereocenters. The van der Waals surface area contributed by atoms with Gasteiger partial charge >= 0.3 is 6.09 Å². The second-order valence-electron chi connectivity index (χ2n) is 10.8. The average Bonchev–Trinajstić information content (AvgIpc) is 2.91. The lowest BCUT2D eigenvalue weighted by molar-refractivity contribution is -0.120. The number of ether oxygens (including phenoxy) is 3. The number of primary amides is 1. The Morgan fingerprint density at radius 2 is 1.83 bits per heavy atom. The summed E-state index contributed by atoms with van der Waals surface area (Å²) >= 11 is 0. The Hall–Kier alpha value is -3.58. The average molecular weight is 590 g/mol. The molecule has 2 rings (SSSR count). The van der Waals surface area contributed by atoms with Gasteiger partial charge in [-0.1, -0.05) is 38.2 Å². The minimum Gasteiger partial charge on any atom is -0.439 e. The van der Waals surface area contributed by atoms with Gasteiger partial charge in [0, 0.05) is 37.4 Å². The Balaban J connectivity index is 2.63. The van der Waals surface area contributed by atoms with Crippen molar-refractivity contribution < 1.29 is 43.6 Å². The zero-order chi connectivity index (χ0) is 31.7. The number of nitrogens with two attached hydrogens (primary N) is 1. The number of rotatable bonds is 5. The Bertz CT molecular complexity index is 1200. The Kier molecular flexibility index (Phi) is 12.9. The van der Waals surface area contributed by atoms with Gasteiger partial charge in [0.05, 0.1) is 23.6 Å². The molecule has 42 heavy (non-hydrogen) atoms. The Morgan fingerprint density at radius 3 is 2.40 bits per heavy atom.